The van der Waals surface area contributed by atoms with Gasteiger partial charge in [0, 0.05) is 32.5 Å². The van der Waals surface area contributed by atoms with Gasteiger partial charge in [0.15, 0.2) is 11.2 Å². The van der Waals surface area contributed by atoms with E-state index in [-0.39, 0.29) is 24.1 Å². The van der Waals surface area contributed by atoms with Crippen molar-refractivity contribution in [1.82, 2.24) is 19.1 Å². The molecular weight excluding hydrogens is 326 g/mol. The van der Waals surface area contributed by atoms with E-state index in [1.807, 2.05) is 30.3 Å². The highest BCUT2D eigenvalue weighted by atomic mass is 16.4. The molecule has 0 saturated carbocycles. The maximum Gasteiger partial charge on any atom is 0.329 e. The van der Waals surface area contributed by atoms with Gasteiger partial charge in [-0.2, -0.15) is 4.98 Å². The van der Waals surface area contributed by atoms with Crippen LogP contribution in [0.5, 0.6) is 0 Å². The molecule has 0 aliphatic carbocycles. The van der Waals surface area contributed by atoms with E-state index in [1.165, 1.54) is 16.2 Å². The van der Waals surface area contributed by atoms with Gasteiger partial charge in [0.1, 0.15) is 0 Å². The average molecular weight is 342 g/mol. The van der Waals surface area contributed by atoms with Crippen LogP contribution in [0.25, 0.3) is 11.2 Å². The molecule has 2 heterocycles. The molecule has 0 bridgehead atoms. The first-order chi connectivity index (χ1) is 12.0. The van der Waals surface area contributed by atoms with Crippen LogP contribution in [-0.2, 0) is 24.9 Å². The minimum absolute atomic E-state index is 0.00274. The molecule has 130 valence electrons. The third-order valence-corrected chi connectivity index (χ3v) is 3.84. The molecule has 1 aromatic carbocycles. The quantitative estimate of drug-likeness (QED) is 0.603. The van der Waals surface area contributed by atoms with Crippen LogP contribution in [0.15, 0.2) is 39.9 Å². The molecule has 0 atom stereocenters. The van der Waals surface area contributed by atoms with Crippen molar-refractivity contribution >= 4 is 23.1 Å². The summed E-state index contributed by atoms with van der Waals surface area (Å²) in [7, 11) is 1.48. The third kappa shape index (κ3) is 3.30. The second kappa shape index (κ2) is 6.63. The van der Waals surface area contributed by atoms with Crippen molar-refractivity contribution in [3.63, 3.8) is 0 Å². The largest absolute Gasteiger partial charge is 0.550 e. The predicted molar refractivity (Wildman–Crippen MR) is 89.0 cm³/mol. The van der Waals surface area contributed by atoms with Crippen molar-refractivity contribution in [2.75, 3.05) is 5.32 Å². The zero-order chi connectivity index (χ0) is 18.0. The van der Waals surface area contributed by atoms with Crippen LogP contribution in [-0.4, -0.2) is 25.1 Å². The standard InChI is InChI=1S/C16H17N5O4/c1-20-13-12(14(24)19-16(20)25)21(8-7-11(22)23)15(18-13)17-9-10-5-3-2-4-6-10/h2-6H,7-9H2,1H3,(H,17,18)(H,22,23)(H,19,24,25)/p-1. The fourth-order valence-corrected chi connectivity index (χ4v) is 2.57. The Balaban J connectivity index is 2.06. The SMILES string of the molecule is Cn1c(=O)[nH]c(=O)c2c1nc(NCc1ccccc1)n2CCC(=O)[O-]. The highest BCUT2D eigenvalue weighted by Crippen LogP contribution is 2.16. The number of carboxylic acids is 1. The minimum Gasteiger partial charge on any atom is -0.550 e. The maximum atomic E-state index is 12.2. The van der Waals surface area contributed by atoms with Crippen LogP contribution in [0.1, 0.15) is 12.0 Å². The summed E-state index contributed by atoms with van der Waals surface area (Å²) < 4.78 is 2.66. The van der Waals surface area contributed by atoms with E-state index >= 15 is 0 Å². The lowest BCUT2D eigenvalue weighted by Crippen LogP contribution is -2.30. The molecule has 9 nitrogen and oxygen atoms in total. The second-order valence-electron chi connectivity index (χ2n) is 5.54. The number of aliphatic carboxylic acids is 1. The zero-order valence-electron chi connectivity index (χ0n) is 13.5. The topological polar surface area (TPSA) is 125 Å². The zero-order valence-corrected chi connectivity index (χ0v) is 13.5. The van der Waals surface area contributed by atoms with Gasteiger partial charge < -0.3 is 19.8 Å². The van der Waals surface area contributed by atoms with E-state index in [4.69, 9.17) is 0 Å². The molecule has 0 fully saturated rings. The van der Waals surface area contributed by atoms with Crippen LogP contribution in [0, 0.1) is 0 Å². The normalized spacial score (nSPS) is 10.9. The number of rotatable bonds is 6. The van der Waals surface area contributed by atoms with Gasteiger partial charge in [0.05, 0.1) is 0 Å². The summed E-state index contributed by atoms with van der Waals surface area (Å²) in [5, 5.41) is 13.9. The van der Waals surface area contributed by atoms with Gasteiger partial charge in [0.2, 0.25) is 5.95 Å². The van der Waals surface area contributed by atoms with Gasteiger partial charge in [-0.05, 0) is 5.56 Å². The summed E-state index contributed by atoms with van der Waals surface area (Å²) in [6, 6.07) is 9.52. The number of aromatic amines is 1. The molecular formula is C16H16N5O4-. The molecule has 3 aromatic rings. The molecule has 0 saturated heterocycles. The number of H-pyrrole nitrogens is 1. The maximum absolute atomic E-state index is 12.2. The number of imidazole rings is 1. The highest BCUT2D eigenvalue weighted by Gasteiger charge is 2.17. The Morgan fingerprint density at radius 1 is 1.28 bits per heavy atom. The predicted octanol–water partition coefficient (Wildman–Crippen LogP) is -0.825. The summed E-state index contributed by atoms with van der Waals surface area (Å²) in [6.45, 7) is 0.429. The summed E-state index contributed by atoms with van der Waals surface area (Å²) in [5.74, 6) is -0.927. The van der Waals surface area contributed by atoms with Gasteiger partial charge >= 0.3 is 5.69 Å². The van der Waals surface area contributed by atoms with E-state index in [0.29, 0.717) is 12.5 Å². The van der Waals surface area contributed by atoms with Crippen molar-refractivity contribution in [2.24, 2.45) is 7.05 Å². The van der Waals surface area contributed by atoms with Gasteiger partial charge in [-0.15, -0.1) is 0 Å². The summed E-state index contributed by atoms with van der Waals surface area (Å²) in [4.78, 5) is 41.3. The number of anilines is 1. The van der Waals surface area contributed by atoms with Crippen molar-refractivity contribution in [3.8, 4) is 0 Å². The molecule has 0 spiro atoms. The van der Waals surface area contributed by atoms with Crippen molar-refractivity contribution in [1.29, 1.82) is 0 Å². The molecule has 0 radical (unpaired) electrons. The van der Waals surface area contributed by atoms with E-state index < -0.39 is 17.2 Å². The number of fused-ring (bicyclic) bond motifs is 1. The van der Waals surface area contributed by atoms with Crippen molar-refractivity contribution < 1.29 is 9.90 Å². The molecule has 25 heavy (non-hydrogen) atoms. The Hall–Kier alpha value is -3.36. The molecule has 9 heteroatoms. The number of nitrogens with one attached hydrogen (secondary N) is 2. The number of carbonyl (C=O) groups is 1. The first-order valence-corrected chi connectivity index (χ1v) is 7.64. The number of aryl methyl sites for hydroxylation is 2. The Morgan fingerprint density at radius 3 is 2.68 bits per heavy atom. The minimum atomic E-state index is -1.24. The number of benzene rings is 1. The van der Waals surface area contributed by atoms with Crippen molar-refractivity contribution in [3.05, 3.63) is 56.7 Å². The average Bonchev–Trinajstić information content (AvgIpc) is 2.96. The fraction of sp³-hybridized carbons (Fsp3) is 0.250. The monoisotopic (exact) mass is 342 g/mol. The lowest BCUT2D eigenvalue weighted by atomic mass is 10.2. The van der Waals surface area contributed by atoms with E-state index in [2.05, 4.69) is 15.3 Å². The van der Waals surface area contributed by atoms with Crippen LogP contribution in [0.2, 0.25) is 0 Å². The van der Waals surface area contributed by atoms with Gasteiger partial charge in [-0.25, -0.2) is 4.79 Å². The number of carboxylic acid groups (broad SMARTS) is 1. The smallest absolute Gasteiger partial charge is 0.329 e. The number of hydrogen-bond donors (Lipinski definition) is 2. The van der Waals surface area contributed by atoms with E-state index in [0.717, 1.165) is 5.56 Å². The second-order valence-corrected chi connectivity index (χ2v) is 5.54. The highest BCUT2D eigenvalue weighted by molar-refractivity contribution is 5.74. The Labute approximate surface area is 141 Å². The Bertz CT molecular complexity index is 1030. The fourth-order valence-electron chi connectivity index (χ4n) is 2.57. The number of nitrogens with zero attached hydrogens (tertiary/aromatic N) is 3. The van der Waals surface area contributed by atoms with Crippen LogP contribution >= 0.6 is 0 Å². The van der Waals surface area contributed by atoms with Crippen LogP contribution < -0.4 is 21.7 Å². The van der Waals surface area contributed by atoms with Gasteiger partial charge in [0.25, 0.3) is 5.56 Å². The molecule has 2 aromatic heterocycles. The van der Waals surface area contributed by atoms with Crippen LogP contribution in [0.3, 0.4) is 0 Å². The lowest BCUT2D eigenvalue weighted by Gasteiger charge is -2.10. The number of carbonyl (C=O) groups excluding carboxylic acids is 1. The van der Waals surface area contributed by atoms with Gasteiger partial charge in [-0.3, -0.25) is 14.3 Å². The van der Waals surface area contributed by atoms with E-state index in [9.17, 15) is 19.5 Å². The summed E-state index contributed by atoms with van der Waals surface area (Å²) in [6.07, 6.45) is -0.284. The van der Waals surface area contributed by atoms with Crippen LogP contribution in [0.4, 0.5) is 5.95 Å². The first-order valence-electron chi connectivity index (χ1n) is 7.64. The molecule has 3 rings (SSSR count). The molecule has 0 unspecified atom stereocenters. The first kappa shape index (κ1) is 16.5. The number of aromatic nitrogens is 4. The summed E-state index contributed by atoms with van der Waals surface area (Å²) >= 11 is 0. The molecule has 0 amide bonds. The Morgan fingerprint density at radius 2 is 2.00 bits per heavy atom. The molecule has 2 N–H and O–H groups in total. The lowest BCUT2D eigenvalue weighted by molar-refractivity contribution is -0.305. The van der Waals surface area contributed by atoms with E-state index in [1.54, 1.807) is 0 Å². The molecule has 0 aliphatic heterocycles. The Kier molecular flexibility index (Phi) is 4.38. The van der Waals surface area contributed by atoms with Gasteiger partial charge in [-0.1, -0.05) is 30.3 Å². The summed E-state index contributed by atoms with van der Waals surface area (Å²) in [5.41, 5.74) is 0.110. The third-order valence-electron chi connectivity index (χ3n) is 3.84. The van der Waals surface area contributed by atoms with Crippen molar-refractivity contribution in [2.45, 2.75) is 19.5 Å². The molecule has 0 aliphatic rings. The number of hydrogen-bond acceptors (Lipinski definition) is 6.